The summed E-state index contributed by atoms with van der Waals surface area (Å²) in [5, 5.41) is 2.95. The maximum atomic E-state index is 10.6. The number of nitrogens with one attached hydrogen (secondary N) is 1. The Hall–Kier alpha value is -0.610. The molecule has 4 nitrogen and oxygen atoms in total. The Labute approximate surface area is 67.5 Å². The highest BCUT2D eigenvalue weighted by molar-refractivity contribution is 5.71. The molecule has 0 bridgehead atoms. The molecule has 0 fully saturated rings. The van der Waals surface area contributed by atoms with Crippen LogP contribution in [0, 0.1) is 0 Å². The second-order valence-corrected chi connectivity index (χ2v) is 2.56. The summed E-state index contributed by atoms with van der Waals surface area (Å²) in [6.45, 7) is 2.03. The van der Waals surface area contributed by atoms with Crippen molar-refractivity contribution in [3.63, 3.8) is 0 Å². The fourth-order valence-corrected chi connectivity index (χ4v) is 0.565. The number of methoxy groups -OCH3 is 1. The summed E-state index contributed by atoms with van der Waals surface area (Å²) < 4.78 is 4.44. The predicted molar refractivity (Wildman–Crippen MR) is 43.4 cm³/mol. The molecular weight excluding hydrogens is 144 g/mol. The van der Waals surface area contributed by atoms with Crippen LogP contribution >= 0.6 is 0 Å². The normalized spacial score (nSPS) is 10.2. The van der Waals surface area contributed by atoms with Gasteiger partial charge >= 0.3 is 5.97 Å². The lowest BCUT2D eigenvalue weighted by Gasteiger charge is -2.09. The first-order valence-corrected chi connectivity index (χ1v) is 3.59. The number of nitrogens with zero attached hydrogens (tertiary/aromatic N) is 1. The van der Waals surface area contributed by atoms with Gasteiger partial charge in [-0.3, -0.25) is 4.79 Å². The Kier molecular flexibility index (Phi) is 5.78. The van der Waals surface area contributed by atoms with Crippen LogP contribution in [0.1, 0.15) is 0 Å². The summed E-state index contributed by atoms with van der Waals surface area (Å²) in [7, 11) is 5.36. The third-order valence-electron chi connectivity index (χ3n) is 1.23. The zero-order chi connectivity index (χ0) is 8.69. The third kappa shape index (κ3) is 7.29. The van der Waals surface area contributed by atoms with Gasteiger partial charge in [0.05, 0.1) is 13.7 Å². The van der Waals surface area contributed by atoms with Crippen molar-refractivity contribution >= 4 is 5.97 Å². The van der Waals surface area contributed by atoms with Gasteiger partial charge in [0.2, 0.25) is 0 Å². The molecule has 11 heavy (non-hydrogen) atoms. The molecule has 0 aromatic heterocycles. The molecule has 0 aromatic rings. The van der Waals surface area contributed by atoms with Crippen LogP contribution in [0.15, 0.2) is 0 Å². The van der Waals surface area contributed by atoms with Gasteiger partial charge in [-0.15, -0.1) is 0 Å². The molecule has 0 aliphatic rings. The van der Waals surface area contributed by atoms with Gasteiger partial charge < -0.3 is 15.0 Å². The summed E-state index contributed by atoms with van der Waals surface area (Å²) in [4.78, 5) is 12.6. The van der Waals surface area contributed by atoms with Crippen molar-refractivity contribution in [2.75, 3.05) is 40.8 Å². The molecule has 0 saturated carbocycles. The standard InChI is InChI=1S/C7H16N2O2/c1-9(2)5-4-8-6-7(10)11-3/h8H,4-6H2,1-3H3. The fraction of sp³-hybridized carbons (Fsp3) is 0.857. The van der Waals surface area contributed by atoms with Crippen molar-refractivity contribution in [3.05, 3.63) is 0 Å². The van der Waals surface area contributed by atoms with Gasteiger partial charge in [-0.25, -0.2) is 0 Å². The van der Waals surface area contributed by atoms with Crippen LogP contribution in [0.2, 0.25) is 0 Å². The van der Waals surface area contributed by atoms with E-state index in [1.807, 2.05) is 19.0 Å². The molecule has 0 aliphatic carbocycles. The van der Waals surface area contributed by atoms with E-state index in [0.717, 1.165) is 13.1 Å². The minimum Gasteiger partial charge on any atom is -0.468 e. The van der Waals surface area contributed by atoms with Crippen LogP contribution in [0.4, 0.5) is 0 Å². The van der Waals surface area contributed by atoms with E-state index in [-0.39, 0.29) is 5.97 Å². The minimum absolute atomic E-state index is 0.219. The Morgan fingerprint density at radius 3 is 2.64 bits per heavy atom. The second-order valence-electron chi connectivity index (χ2n) is 2.56. The van der Waals surface area contributed by atoms with Crippen LogP contribution in [-0.2, 0) is 9.53 Å². The Balaban J connectivity index is 3.08. The smallest absolute Gasteiger partial charge is 0.319 e. The summed E-state index contributed by atoms with van der Waals surface area (Å²) in [5.74, 6) is -0.219. The molecule has 0 aromatic carbocycles. The topological polar surface area (TPSA) is 41.6 Å². The number of carbonyl (C=O) groups is 1. The summed E-state index contributed by atoms with van der Waals surface area (Å²) >= 11 is 0. The maximum Gasteiger partial charge on any atom is 0.319 e. The number of hydrogen-bond acceptors (Lipinski definition) is 4. The van der Waals surface area contributed by atoms with E-state index >= 15 is 0 Å². The number of ether oxygens (including phenoxy) is 1. The van der Waals surface area contributed by atoms with Crippen molar-refractivity contribution in [2.24, 2.45) is 0 Å². The van der Waals surface area contributed by atoms with E-state index in [1.165, 1.54) is 7.11 Å². The first kappa shape index (κ1) is 10.4. The highest BCUT2D eigenvalue weighted by Gasteiger charge is 1.97. The number of likely N-dealkylation sites (N-methyl/N-ethyl adjacent to an activating group) is 1. The summed E-state index contributed by atoms with van der Waals surface area (Å²) in [5.41, 5.74) is 0. The minimum atomic E-state index is -0.219. The maximum absolute atomic E-state index is 10.6. The van der Waals surface area contributed by atoms with Crippen LogP contribution in [-0.4, -0.2) is 51.7 Å². The van der Waals surface area contributed by atoms with E-state index in [1.54, 1.807) is 0 Å². The van der Waals surface area contributed by atoms with E-state index in [2.05, 4.69) is 10.1 Å². The number of esters is 1. The molecule has 0 spiro atoms. The number of carbonyl (C=O) groups excluding carboxylic acids is 1. The summed E-state index contributed by atoms with van der Waals surface area (Å²) in [6, 6.07) is 0. The zero-order valence-electron chi connectivity index (χ0n) is 7.39. The van der Waals surface area contributed by atoms with Gasteiger partial charge in [-0.2, -0.15) is 0 Å². The van der Waals surface area contributed by atoms with Crippen LogP contribution in [0.5, 0.6) is 0 Å². The number of hydrogen-bond donors (Lipinski definition) is 1. The highest BCUT2D eigenvalue weighted by Crippen LogP contribution is 1.72. The first-order valence-electron chi connectivity index (χ1n) is 3.59. The lowest BCUT2D eigenvalue weighted by molar-refractivity contribution is -0.139. The SMILES string of the molecule is COC(=O)CNCCN(C)C. The molecule has 0 atom stereocenters. The van der Waals surface area contributed by atoms with Crippen molar-refractivity contribution < 1.29 is 9.53 Å². The van der Waals surface area contributed by atoms with E-state index in [9.17, 15) is 4.79 Å². The largest absolute Gasteiger partial charge is 0.468 e. The van der Waals surface area contributed by atoms with Gasteiger partial charge in [-0.05, 0) is 14.1 Å². The van der Waals surface area contributed by atoms with Crippen molar-refractivity contribution in [3.8, 4) is 0 Å². The average molecular weight is 160 g/mol. The van der Waals surface area contributed by atoms with Crippen LogP contribution < -0.4 is 5.32 Å². The van der Waals surface area contributed by atoms with Crippen molar-refractivity contribution in [2.45, 2.75) is 0 Å². The van der Waals surface area contributed by atoms with E-state index in [4.69, 9.17) is 0 Å². The second kappa shape index (κ2) is 6.12. The fourth-order valence-electron chi connectivity index (χ4n) is 0.565. The Morgan fingerprint density at radius 1 is 1.55 bits per heavy atom. The predicted octanol–water partition coefficient (Wildman–Crippen LogP) is -0.689. The van der Waals surface area contributed by atoms with Gasteiger partial charge in [0.15, 0.2) is 0 Å². The third-order valence-corrected chi connectivity index (χ3v) is 1.23. The molecule has 1 N–H and O–H groups in total. The van der Waals surface area contributed by atoms with Crippen molar-refractivity contribution in [1.82, 2.24) is 10.2 Å². The lowest BCUT2D eigenvalue weighted by Crippen LogP contribution is -2.30. The highest BCUT2D eigenvalue weighted by atomic mass is 16.5. The Morgan fingerprint density at radius 2 is 2.18 bits per heavy atom. The molecule has 0 radical (unpaired) electrons. The van der Waals surface area contributed by atoms with Gasteiger partial charge in [0, 0.05) is 13.1 Å². The van der Waals surface area contributed by atoms with Gasteiger partial charge in [-0.1, -0.05) is 0 Å². The van der Waals surface area contributed by atoms with Crippen LogP contribution in [0.3, 0.4) is 0 Å². The molecule has 66 valence electrons. The summed E-state index contributed by atoms with van der Waals surface area (Å²) in [6.07, 6.45) is 0. The molecule has 0 rings (SSSR count). The first-order chi connectivity index (χ1) is 5.16. The lowest BCUT2D eigenvalue weighted by atomic mass is 10.5. The molecule has 0 unspecified atom stereocenters. The quantitative estimate of drug-likeness (QED) is 0.427. The molecule has 0 aliphatic heterocycles. The molecule has 0 amide bonds. The Bertz CT molecular complexity index is 115. The molecule has 4 heteroatoms. The van der Waals surface area contributed by atoms with E-state index < -0.39 is 0 Å². The van der Waals surface area contributed by atoms with Gasteiger partial charge in [0.1, 0.15) is 0 Å². The van der Waals surface area contributed by atoms with Gasteiger partial charge in [0.25, 0.3) is 0 Å². The zero-order valence-corrected chi connectivity index (χ0v) is 7.39. The monoisotopic (exact) mass is 160 g/mol. The number of rotatable bonds is 5. The van der Waals surface area contributed by atoms with Crippen LogP contribution in [0.25, 0.3) is 0 Å². The molecule has 0 heterocycles. The molecule has 0 saturated heterocycles. The molecular formula is C7H16N2O2. The average Bonchev–Trinajstić information content (AvgIpc) is 1.97. The van der Waals surface area contributed by atoms with Crippen molar-refractivity contribution in [1.29, 1.82) is 0 Å². The van der Waals surface area contributed by atoms with E-state index in [0.29, 0.717) is 6.54 Å².